The van der Waals surface area contributed by atoms with E-state index >= 15 is 0 Å². The van der Waals surface area contributed by atoms with Crippen LogP contribution in [0, 0.1) is 12.3 Å². The van der Waals surface area contributed by atoms with Crippen molar-refractivity contribution in [1.82, 2.24) is 9.97 Å². The Morgan fingerprint density at radius 3 is 2.90 bits per heavy atom. The second-order valence-corrected chi connectivity index (χ2v) is 1.95. The van der Waals surface area contributed by atoms with Crippen molar-refractivity contribution in [2.75, 3.05) is 7.11 Å². The molecule has 0 saturated heterocycles. The molecule has 4 nitrogen and oxygen atoms in total. The Labute approximate surface area is 58.8 Å². The first-order chi connectivity index (χ1) is 4.74. The fourth-order valence-electron chi connectivity index (χ4n) is 0.625. The van der Waals surface area contributed by atoms with Crippen molar-refractivity contribution in [2.45, 2.75) is 6.92 Å². The van der Waals surface area contributed by atoms with Gasteiger partial charge in [-0.15, -0.1) is 0 Å². The Balaban J connectivity index is 2.85. The highest BCUT2D eigenvalue weighted by atomic mass is 16.5. The minimum Gasteiger partial charge on any atom is -0.479 e. The molecule has 0 radical (unpaired) electrons. The van der Waals surface area contributed by atoms with Crippen LogP contribution in [0.15, 0.2) is 6.20 Å². The number of imidazole rings is 1. The summed E-state index contributed by atoms with van der Waals surface area (Å²) in [6.45, 7) is 1.87. The largest absolute Gasteiger partial charge is 0.479 e. The molecule has 0 atom stereocenters. The highest BCUT2D eigenvalue weighted by Crippen LogP contribution is 1.95. The number of aryl methyl sites for hydroxylation is 1. The highest BCUT2D eigenvalue weighted by molar-refractivity contribution is 5.87. The van der Waals surface area contributed by atoms with Gasteiger partial charge in [0.05, 0.1) is 7.11 Å². The second kappa shape index (κ2) is 2.51. The van der Waals surface area contributed by atoms with Crippen LogP contribution in [0.4, 0.5) is 0 Å². The van der Waals surface area contributed by atoms with Crippen LogP contribution in [0.1, 0.15) is 11.5 Å². The fraction of sp³-hybridized carbons (Fsp3) is 0.333. The minimum atomic E-state index is 0.0631. The number of aromatic nitrogens is 2. The van der Waals surface area contributed by atoms with Gasteiger partial charge in [-0.3, -0.25) is 5.41 Å². The SMILES string of the molecule is COC(=N)c1ncc(C)[nH]1. The zero-order valence-electron chi connectivity index (χ0n) is 5.93. The molecule has 0 bridgehead atoms. The van der Waals surface area contributed by atoms with E-state index in [-0.39, 0.29) is 5.90 Å². The highest BCUT2D eigenvalue weighted by Gasteiger charge is 2.02. The Bertz CT molecular complexity index is 241. The molecule has 0 aliphatic rings. The molecule has 54 valence electrons. The molecule has 1 heterocycles. The Kier molecular flexibility index (Phi) is 1.71. The van der Waals surface area contributed by atoms with Crippen LogP contribution in [0.3, 0.4) is 0 Å². The number of methoxy groups -OCH3 is 1. The van der Waals surface area contributed by atoms with E-state index in [1.807, 2.05) is 6.92 Å². The molecule has 1 aromatic heterocycles. The van der Waals surface area contributed by atoms with E-state index in [1.165, 1.54) is 7.11 Å². The van der Waals surface area contributed by atoms with Gasteiger partial charge in [0.25, 0.3) is 0 Å². The summed E-state index contributed by atoms with van der Waals surface area (Å²) < 4.78 is 4.64. The molecule has 1 aromatic rings. The van der Waals surface area contributed by atoms with E-state index < -0.39 is 0 Å². The molecule has 0 saturated carbocycles. The number of rotatable bonds is 1. The van der Waals surface area contributed by atoms with Gasteiger partial charge in [0.2, 0.25) is 5.90 Å². The summed E-state index contributed by atoms with van der Waals surface area (Å²) >= 11 is 0. The van der Waals surface area contributed by atoms with Crippen molar-refractivity contribution >= 4 is 5.90 Å². The topological polar surface area (TPSA) is 61.8 Å². The molecule has 0 aromatic carbocycles. The maximum absolute atomic E-state index is 7.18. The van der Waals surface area contributed by atoms with E-state index in [4.69, 9.17) is 5.41 Å². The molecule has 4 heteroatoms. The molecule has 10 heavy (non-hydrogen) atoms. The first kappa shape index (κ1) is 6.80. The monoisotopic (exact) mass is 139 g/mol. The van der Waals surface area contributed by atoms with Crippen LogP contribution in [-0.4, -0.2) is 23.0 Å². The standard InChI is InChI=1S/C6H9N3O/c1-4-3-8-6(9-4)5(7)10-2/h3,7H,1-2H3,(H,8,9). The number of ether oxygens (including phenoxy) is 1. The molecule has 0 unspecified atom stereocenters. The van der Waals surface area contributed by atoms with E-state index in [0.717, 1.165) is 5.69 Å². The van der Waals surface area contributed by atoms with Gasteiger partial charge in [-0.1, -0.05) is 0 Å². The van der Waals surface area contributed by atoms with Crippen LogP contribution in [0.25, 0.3) is 0 Å². The van der Waals surface area contributed by atoms with Crippen molar-refractivity contribution in [1.29, 1.82) is 5.41 Å². The normalized spacial score (nSPS) is 9.40. The molecule has 0 spiro atoms. The quantitative estimate of drug-likeness (QED) is 0.444. The van der Waals surface area contributed by atoms with Crippen molar-refractivity contribution in [3.8, 4) is 0 Å². The van der Waals surface area contributed by atoms with E-state index in [1.54, 1.807) is 6.20 Å². The van der Waals surface area contributed by atoms with Crippen molar-refractivity contribution in [3.63, 3.8) is 0 Å². The van der Waals surface area contributed by atoms with Crippen molar-refractivity contribution in [3.05, 3.63) is 17.7 Å². The lowest BCUT2D eigenvalue weighted by molar-refractivity contribution is 0.398. The van der Waals surface area contributed by atoms with Crippen LogP contribution in [0.5, 0.6) is 0 Å². The van der Waals surface area contributed by atoms with E-state index in [9.17, 15) is 0 Å². The van der Waals surface area contributed by atoms with Gasteiger partial charge in [0, 0.05) is 11.9 Å². The Hall–Kier alpha value is -1.32. The summed E-state index contributed by atoms with van der Waals surface area (Å²) in [5, 5.41) is 7.18. The number of nitrogens with zero attached hydrogens (tertiary/aromatic N) is 1. The van der Waals surface area contributed by atoms with E-state index in [0.29, 0.717) is 5.82 Å². The van der Waals surface area contributed by atoms with Crippen LogP contribution < -0.4 is 0 Å². The lowest BCUT2D eigenvalue weighted by atomic mass is 10.6. The minimum absolute atomic E-state index is 0.0631. The van der Waals surface area contributed by atoms with Crippen molar-refractivity contribution < 1.29 is 4.74 Å². The predicted molar refractivity (Wildman–Crippen MR) is 37.2 cm³/mol. The van der Waals surface area contributed by atoms with Crippen LogP contribution in [-0.2, 0) is 4.74 Å². The summed E-state index contributed by atoms with van der Waals surface area (Å²) in [4.78, 5) is 6.75. The Morgan fingerprint density at radius 2 is 2.50 bits per heavy atom. The molecule has 0 aliphatic heterocycles. The zero-order valence-corrected chi connectivity index (χ0v) is 5.93. The first-order valence-electron chi connectivity index (χ1n) is 2.88. The second-order valence-electron chi connectivity index (χ2n) is 1.95. The molecule has 0 fully saturated rings. The molecule has 2 N–H and O–H groups in total. The summed E-state index contributed by atoms with van der Waals surface area (Å²) in [6, 6.07) is 0. The van der Waals surface area contributed by atoms with Gasteiger partial charge in [-0.2, -0.15) is 0 Å². The lowest BCUT2D eigenvalue weighted by Gasteiger charge is -1.94. The lowest BCUT2D eigenvalue weighted by Crippen LogP contribution is -2.03. The average molecular weight is 139 g/mol. The maximum atomic E-state index is 7.18. The molecular formula is C6H9N3O. The maximum Gasteiger partial charge on any atom is 0.249 e. The van der Waals surface area contributed by atoms with Gasteiger partial charge in [0.15, 0.2) is 5.82 Å². The average Bonchev–Trinajstić information content (AvgIpc) is 2.34. The van der Waals surface area contributed by atoms with Crippen LogP contribution >= 0.6 is 0 Å². The van der Waals surface area contributed by atoms with Gasteiger partial charge in [-0.05, 0) is 6.92 Å². The predicted octanol–water partition coefficient (Wildman–Crippen LogP) is 0.690. The zero-order chi connectivity index (χ0) is 7.56. The van der Waals surface area contributed by atoms with Crippen LogP contribution in [0.2, 0.25) is 0 Å². The molecule has 0 aliphatic carbocycles. The molecule has 0 amide bonds. The van der Waals surface area contributed by atoms with Gasteiger partial charge in [0.1, 0.15) is 0 Å². The third kappa shape index (κ3) is 1.15. The summed E-state index contributed by atoms with van der Waals surface area (Å²) in [5.41, 5.74) is 0.928. The number of H-pyrrole nitrogens is 1. The molecular weight excluding hydrogens is 130 g/mol. The van der Waals surface area contributed by atoms with Crippen molar-refractivity contribution in [2.24, 2.45) is 0 Å². The third-order valence-electron chi connectivity index (χ3n) is 1.12. The van der Waals surface area contributed by atoms with E-state index in [2.05, 4.69) is 14.7 Å². The smallest absolute Gasteiger partial charge is 0.249 e. The summed E-state index contributed by atoms with van der Waals surface area (Å²) in [6.07, 6.45) is 1.66. The van der Waals surface area contributed by atoms with Gasteiger partial charge in [-0.25, -0.2) is 4.98 Å². The fourth-order valence-corrected chi connectivity index (χ4v) is 0.625. The third-order valence-corrected chi connectivity index (χ3v) is 1.12. The summed E-state index contributed by atoms with van der Waals surface area (Å²) in [7, 11) is 1.44. The summed E-state index contributed by atoms with van der Waals surface area (Å²) in [5.74, 6) is 0.535. The Morgan fingerprint density at radius 1 is 1.80 bits per heavy atom. The molecule has 1 rings (SSSR count). The first-order valence-corrected chi connectivity index (χ1v) is 2.88. The van der Waals surface area contributed by atoms with Gasteiger partial charge >= 0.3 is 0 Å². The van der Waals surface area contributed by atoms with Gasteiger partial charge < -0.3 is 9.72 Å². The number of hydrogen-bond donors (Lipinski definition) is 2. The number of nitrogens with one attached hydrogen (secondary N) is 2. The number of aromatic amines is 1. The number of hydrogen-bond acceptors (Lipinski definition) is 3.